The number of fused-ring (bicyclic) bond motifs is 1. The highest BCUT2D eigenvalue weighted by molar-refractivity contribution is 5.93. The summed E-state index contributed by atoms with van der Waals surface area (Å²) in [6.45, 7) is -1.15. The second kappa shape index (κ2) is 11.4. The molecule has 1 amide bonds. The number of alkyl halides is 2. The van der Waals surface area contributed by atoms with E-state index in [1.165, 1.54) is 0 Å². The number of halogens is 2. The van der Waals surface area contributed by atoms with Crippen LogP contribution in [0.1, 0.15) is 34.5 Å². The normalized spacial score (nSPS) is 14.9. The van der Waals surface area contributed by atoms with Crippen LogP contribution in [0, 0.1) is 0 Å². The molecule has 1 unspecified atom stereocenters. The molecule has 1 fully saturated rings. The Kier molecular flexibility index (Phi) is 7.10. The highest BCUT2D eigenvalue weighted by Gasteiger charge is 2.32. The molecule has 4 aromatic heterocycles. The van der Waals surface area contributed by atoms with Gasteiger partial charge in [-0.3, -0.25) is 14.7 Å². The van der Waals surface area contributed by atoms with Gasteiger partial charge in [-0.05, 0) is 41.1 Å². The van der Waals surface area contributed by atoms with Gasteiger partial charge in [-0.1, -0.05) is 35.1 Å². The van der Waals surface area contributed by atoms with Crippen molar-refractivity contribution in [1.82, 2.24) is 49.5 Å². The number of pyridine rings is 1. The SMILES string of the molecule is Cn1ccnc1-c1ccc2oc(-c3ccnc(C(=O)N4CCN(C(c5ccccc5)c5nnn(C(F)F)n5)CC4)c3)nc2c1. The van der Waals surface area contributed by atoms with Gasteiger partial charge in [-0.2, -0.15) is 8.78 Å². The van der Waals surface area contributed by atoms with Crippen LogP contribution in [0.25, 0.3) is 33.9 Å². The molecular formula is C30H26F2N10O2. The van der Waals surface area contributed by atoms with Crippen molar-refractivity contribution in [2.75, 3.05) is 26.2 Å². The van der Waals surface area contributed by atoms with Gasteiger partial charge in [0.05, 0.1) is 6.04 Å². The lowest BCUT2D eigenvalue weighted by Crippen LogP contribution is -2.50. The molecule has 14 heteroatoms. The molecule has 0 aliphatic carbocycles. The Balaban J connectivity index is 1.08. The van der Waals surface area contributed by atoms with Crippen molar-refractivity contribution < 1.29 is 18.0 Å². The predicted octanol–water partition coefficient (Wildman–Crippen LogP) is 4.22. The Labute approximate surface area is 249 Å². The second-order valence-electron chi connectivity index (χ2n) is 10.4. The first-order valence-electron chi connectivity index (χ1n) is 13.9. The minimum Gasteiger partial charge on any atom is -0.436 e. The minimum atomic E-state index is -2.89. The third-order valence-corrected chi connectivity index (χ3v) is 7.64. The van der Waals surface area contributed by atoms with E-state index in [1.807, 2.05) is 66.3 Å². The van der Waals surface area contributed by atoms with Crippen molar-refractivity contribution in [3.05, 3.63) is 96.3 Å². The molecule has 1 aliphatic rings. The van der Waals surface area contributed by atoms with E-state index in [2.05, 4.69) is 35.3 Å². The molecule has 0 radical (unpaired) electrons. The number of hydrogen-bond donors (Lipinski definition) is 0. The molecule has 1 aliphatic heterocycles. The number of aromatic nitrogens is 8. The number of imidazole rings is 1. The van der Waals surface area contributed by atoms with E-state index in [0.29, 0.717) is 53.5 Å². The molecule has 0 saturated carbocycles. The summed E-state index contributed by atoms with van der Waals surface area (Å²) in [5, 5.41) is 11.4. The number of rotatable bonds is 7. The van der Waals surface area contributed by atoms with Gasteiger partial charge < -0.3 is 13.9 Å². The molecule has 6 aromatic rings. The average Bonchev–Trinajstić information content (AvgIpc) is 3.82. The smallest absolute Gasteiger partial charge is 0.350 e. The van der Waals surface area contributed by atoms with Crippen LogP contribution >= 0.6 is 0 Å². The summed E-state index contributed by atoms with van der Waals surface area (Å²) in [7, 11) is 1.93. The van der Waals surface area contributed by atoms with Crippen LogP contribution in [-0.2, 0) is 7.05 Å². The van der Waals surface area contributed by atoms with Gasteiger partial charge >= 0.3 is 6.55 Å². The lowest BCUT2D eigenvalue weighted by Gasteiger charge is -2.38. The molecule has 44 heavy (non-hydrogen) atoms. The number of aryl methyl sites for hydroxylation is 1. The molecule has 0 spiro atoms. The number of hydrogen-bond acceptors (Lipinski definition) is 9. The molecule has 1 atom stereocenters. The molecule has 2 aromatic carbocycles. The molecule has 0 bridgehead atoms. The van der Waals surface area contributed by atoms with E-state index in [1.54, 1.807) is 29.4 Å². The van der Waals surface area contributed by atoms with Gasteiger partial charge in [0.2, 0.25) is 5.89 Å². The summed E-state index contributed by atoms with van der Waals surface area (Å²) in [5.41, 5.74) is 3.97. The Hall–Kier alpha value is -5.37. The van der Waals surface area contributed by atoms with Crippen LogP contribution in [0.2, 0.25) is 0 Å². The van der Waals surface area contributed by atoms with E-state index < -0.39 is 12.6 Å². The first kappa shape index (κ1) is 27.5. The summed E-state index contributed by atoms with van der Waals surface area (Å²) >= 11 is 0. The van der Waals surface area contributed by atoms with E-state index >= 15 is 0 Å². The maximum Gasteiger partial charge on any atom is 0.350 e. The Bertz CT molecular complexity index is 1930. The zero-order valence-corrected chi connectivity index (χ0v) is 23.5. The fourth-order valence-corrected chi connectivity index (χ4v) is 5.45. The standard InChI is InChI=1S/C30H26F2N10O2/c1-39-12-11-34-27(39)20-7-8-24-22(17-20)35-28(44-24)21-9-10-33-23(18-21)29(43)41-15-13-40(14-16-41)25(19-5-3-2-4-6-19)26-36-38-42(37-26)30(31)32/h2-12,17-18,25,30H,13-16H2,1H3. The highest BCUT2D eigenvalue weighted by Crippen LogP contribution is 2.30. The maximum absolute atomic E-state index is 13.5. The third kappa shape index (κ3) is 5.19. The topological polar surface area (TPSA) is 124 Å². The molecule has 1 saturated heterocycles. The first-order valence-corrected chi connectivity index (χ1v) is 13.9. The zero-order valence-electron chi connectivity index (χ0n) is 23.5. The van der Waals surface area contributed by atoms with Gasteiger partial charge in [-0.15, -0.1) is 10.2 Å². The third-order valence-electron chi connectivity index (χ3n) is 7.64. The number of carbonyl (C=O) groups excluding carboxylic acids is 1. The number of carbonyl (C=O) groups is 1. The monoisotopic (exact) mass is 596 g/mol. The summed E-state index contributed by atoms with van der Waals surface area (Å²) in [6, 6.07) is 18.1. The zero-order chi connectivity index (χ0) is 30.2. The summed E-state index contributed by atoms with van der Waals surface area (Å²) in [5.74, 6) is 1.15. The maximum atomic E-state index is 13.5. The van der Waals surface area contributed by atoms with Crippen molar-refractivity contribution in [3.63, 3.8) is 0 Å². The molecule has 222 valence electrons. The van der Waals surface area contributed by atoms with Crippen molar-refractivity contribution >= 4 is 17.0 Å². The fraction of sp³-hybridized carbons (Fsp3) is 0.233. The molecule has 0 N–H and O–H groups in total. The summed E-state index contributed by atoms with van der Waals surface area (Å²) < 4.78 is 34.3. The van der Waals surface area contributed by atoms with Crippen molar-refractivity contribution in [1.29, 1.82) is 0 Å². The van der Waals surface area contributed by atoms with E-state index in [9.17, 15) is 13.6 Å². The lowest BCUT2D eigenvalue weighted by molar-refractivity contribution is 0.0385. The number of nitrogens with zero attached hydrogens (tertiary/aromatic N) is 10. The van der Waals surface area contributed by atoms with Crippen LogP contribution in [0.15, 0.2) is 83.7 Å². The van der Waals surface area contributed by atoms with Crippen LogP contribution in [0.5, 0.6) is 0 Å². The number of amides is 1. The largest absolute Gasteiger partial charge is 0.436 e. The van der Waals surface area contributed by atoms with Crippen molar-refractivity contribution in [2.45, 2.75) is 12.6 Å². The highest BCUT2D eigenvalue weighted by atomic mass is 19.3. The van der Waals surface area contributed by atoms with Crippen molar-refractivity contribution in [2.24, 2.45) is 7.05 Å². The summed E-state index contributed by atoms with van der Waals surface area (Å²) in [6.07, 6.45) is 5.19. The van der Waals surface area contributed by atoms with Gasteiger partial charge in [-0.25, -0.2) is 9.97 Å². The molecule has 5 heterocycles. The van der Waals surface area contributed by atoms with E-state index in [-0.39, 0.29) is 17.4 Å². The number of tetrazole rings is 1. The molecule has 7 rings (SSSR count). The molecule has 12 nitrogen and oxygen atoms in total. The van der Waals surface area contributed by atoms with Crippen LogP contribution in [0.3, 0.4) is 0 Å². The van der Waals surface area contributed by atoms with Crippen LogP contribution in [-0.4, -0.2) is 81.6 Å². The van der Waals surface area contributed by atoms with E-state index in [4.69, 9.17) is 4.42 Å². The molecular weight excluding hydrogens is 570 g/mol. The van der Waals surface area contributed by atoms with Crippen molar-refractivity contribution in [3.8, 4) is 22.8 Å². The minimum absolute atomic E-state index is 0.177. The number of benzene rings is 2. The first-order chi connectivity index (χ1) is 21.4. The number of piperazine rings is 1. The second-order valence-corrected chi connectivity index (χ2v) is 10.4. The van der Waals surface area contributed by atoms with Gasteiger partial charge in [0.15, 0.2) is 11.4 Å². The Morgan fingerprint density at radius 3 is 2.48 bits per heavy atom. The predicted molar refractivity (Wildman–Crippen MR) is 154 cm³/mol. The quantitative estimate of drug-likeness (QED) is 0.266. The Morgan fingerprint density at radius 1 is 0.932 bits per heavy atom. The van der Waals surface area contributed by atoms with E-state index in [0.717, 1.165) is 17.0 Å². The Morgan fingerprint density at radius 2 is 1.75 bits per heavy atom. The van der Waals surface area contributed by atoms with Gasteiger partial charge in [0, 0.05) is 62.9 Å². The fourth-order valence-electron chi connectivity index (χ4n) is 5.45. The summed E-state index contributed by atoms with van der Waals surface area (Å²) in [4.78, 5) is 31.0. The van der Waals surface area contributed by atoms with Gasteiger partial charge in [0.25, 0.3) is 5.91 Å². The van der Waals surface area contributed by atoms with Crippen LogP contribution in [0.4, 0.5) is 8.78 Å². The van der Waals surface area contributed by atoms with Crippen LogP contribution < -0.4 is 0 Å². The average molecular weight is 597 g/mol. The lowest BCUT2D eigenvalue weighted by atomic mass is 10.0. The van der Waals surface area contributed by atoms with Gasteiger partial charge in [0.1, 0.15) is 17.0 Å². The number of oxazole rings is 1.